The van der Waals surface area contributed by atoms with Gasteiger partial charge in [0.05, 0.1) is 0 Å². The van der Waals surface area contributed by atoms with Gasteiger partial charge in [-0.25, -0.2) is 9.59 Å². The van der Waals surface area contributed by atoms with Crippen LogP contribution in [0.2, 0.25) is 0 Å². The Hall–Kier alpha value is -2.32. The lowest BCUT2D eigenvalue weighted by molar-refractivity contribution is -0.138. The average molecular weight is 436 g/mol. The van der Waals surface area contributed by atoms with Crippen LogP contribution >= 0.6 is 21.6 Å². The zero-order valence-corrected chi connectivity index (χ0v) is 18.2. The van der Waals surface area contributed by atoms with Crippen molar-refractivity contribution < 1.29 is 24.2 Å². The first-order valence-electron chi connectivity index (χ1n) is 9.01. The molecule has 0 unspecified atom stereocenters. The van der Waals surface area contributed by atoms with E-state index in [2.05, 4.69) is 5.32 Å². The second kappa shape index (κ2) is 11.0. The third-order valence-electron chi connectivity index (χ3n) is 3.43. The smallest absolute Gasteiger partial charge is 0.408 e. The van der Waals surface area contributed by atoms with Crippen molar-refractivity contribution in [2.45, 2.75) is 38.2 Å². The number of alkyl carbamates (subject to hydrolysis) is 1. The number of para-hydroxylation sites is 1. The van der Waals surface area contributed by atoms with Crippen molar-refractivity contribution in [3.8, 4) is 11.5 Å². The predicted octanol–water partition coefficient (Wildman–Crippen LogP) is 5.34. The number of carbonyl (C=O) groups is 2. The fourth-order valence-corrected chi connectivity index (χ4v) is 4.35. The Morgan fingerprint density at radius 2 is 1.62 bits per heavy atom. The summed E-state index contributed by atoms with van der Waals surface area (Å²) in [6, 6.07) is 16.3. The number of ether oxygens (including phenoxy) is 2. The minimum Gasteiger partial charge on any atom is -0.480 e. The van der Waals surface area contributed by atoms with Crippen LogP contribution in [0.5, 0.6) is 11.5 Å². The molecule has 2 aromatic rings. The van der Waals surface area contributed by atoms with Crippen LogP contribution in [0, 0.1) is 0 Å². The Morgan fingerprint density at radius 3 is 2.21 bits per heavy atom. The first kappa shape index (κ1) is 23.0. The molecule has 0 heterocycles. The van der Waals surface area contributed by atoms with Gasteiger partial charge in [-0.1, -0.05) is 51.9 Å². The van der Waals surface area contributed by atoms with E-state index in [0.717, 1.165) is 17.1 Å². The second-order valence-electron chi connectivity index (χ2n) is 7.14. The normalized spacial score (nSPS) is 12.1. The molecule has 0 aliphatic carbocycles. The third kappa shape index (κ3) is 9.15. The van der Waals surface area contributed by atoms with Gasteiger partial charge in [0, 0.05) is 11.5 Å². The Labute approximate surface area is 178 Å². The lowest BCUT2D eigenvalue weighted by Crippen LogP contribution is -2.44. The molecule has 0 fully saturated rings. The lowest BCUT2D eigenvalue weighted by Gasteiger charge is -2.21. The van der Waals surface area contributed by atoms with Crippen LogP contribution in [0.15, 0.2) is 54.6 Å². The number of hydrogen-bond acceptors (Lipinski definition) is 6. The Morgan fingerprint density at radius 1 is 1.00 bits per heavy atom. The number of carboxylic acid groups (broad SMARTS) is 1. The minimum atomic E-state index is -1.09. The van der Waals surface area contributed by atoms with E-state index in [1.54, 1.807) is 20.8 Å². The van der Waals surface area contributed by atoms with Crippen LogP contribution in [0.1, 0.15) is 26.3 Å². The number of hydrogen-bond donors (Lipinski definition) is 2. The SMILES string of the molecule is CC(C)(C)OC(=O)N[C@H](CSSCc1ccc(Oc2ccccc2)cc1)C(=O)O. The van der Waals surface area contributed by atoms with E-state index in [1.807, 2.05) is 54.6 Å². The van der Waals surface area contributed by atoms with E-state index in [0.29, 0.717) is 5.75 Å². The van der Waals surface area contributed by atoms with Gasteiger partial charge < -0.3 is 19.9 Å². The monoisotopic (exact) mass is 435 g/mol. The maximum Gasteiger partial charge on any atom is 0.408 e. The van der Waals surface area contributed by atoms with E-state index >= 15 is 0 Å². The molecular weight excluding hydrogens is 410 g/mol. The highest BCUT2D eigenvalue weighted by atomic mass is 33.1. The number of benzene rings is 2. The molecule has 29 heavy (non-hydrogen) atoms. The van der Waals surface area contributed by atoms with E-state index < -0.39 is 23.7 Å². The molecule has 2 rings (SSSR count). The highest BCUT2D eigenvalue weighted by Gasteiger charge is 2.23. The Bertz CT molecular complexity index is 791. The van der Waals surface area contributed by atoms with E-state index in [9.17, 15) is 14.7 Å². The van der Waals surface area contributed by atoms with Gasteiger partial charge in [-0.3, -0.25) is 0 Å². The summed E-state index contributed by atoms with van der Waals surface area (Å²) in [6.07, 6.45) is -0.732. The maximum absolute atomic E-state index is 11.8. The Balaban J connectivity index is 1.75. The highest BCUT2D eigenvalue weighted by Crippen LogP contribution is 2.28. The van der Waals surface area contributed by atoms with Crippen LogP contribution in [-0.4, -0.2) is 34.6 Å². The summed E-state index contributed by atoms with van der Waals surface area (Å²) < 4.78 is 10.9. The van der Waals surface area contributed by atoms with Gasteiger partial charge in [-0.05, 0) is 50.6 Å². The van der Waals surface area contributed by atoms with Crippen molar-refractivity contribution in [1.82, 2.24) is 5.32 Å². The lowest BCUT2D eigenvalue weighted by atomic mass is 10.2. The molecule has 1 atom stereocenters. The molecular formula is C21H25NO5S2. The molecule has 0 aliphatic rings. The molecule has 0 spiro atoms. The van der Waals surface area contributed by atoms with Crippen molar-refractivity contribution in [3.05, 3.63) is 60.2 Å². The maximum atomic E-state index is 11.8. The van der Waals surface area contributed by atoms with Gasteiger partial charge >= 0.3 is 12.1 Å². The zero-order chi connectivity index (χ0) is 21.3. The fraction of sp³-hybridized carbons (Fsp3) is 0.333. The van der Waals surface area contributed by atoms with Crippen LogP contribution < -0.4 is 10.1 Å². The fourth-order valence-electron chi connectivity index (χ4n) is 2.13. The number of amides is 1. The number of aliphatic carboxylic acids is 1. The minimum absolute atomic E-state index is 0.231. The first-order valence-corrected chi connectivity index (χ1v) is 11.5. The predicted molar refractivity (Wildman–Crippen MR) is 118 cm³/mol. The van der Waals surface area contributed by atoms with Crippen LogP contribution in [0.3, 0.4) is 0 Å². The van der Waals surface area contributed by atoms with Gasteiger partial charge in [0.15, 0.2) is 0 Å². The van der Waals surface area contributed by atoms with Gasteiger partial charge in [0.2, 0.25) is 0 Å². The van der Waals surface area contributed by atoms with Gasteiger partial charge in [-0.15, -0.1) is 0 Å². The topological polar surface area (TPSA) is 84.9 Å². The molecule has 156 valence electrons. The van der Waals surface area contributed by atoms with Crippen molar-refractivity contribution in [1.29, 1.82) is 0 Å². The summed E-state index contributed by atoms with van der Waals surface area (Å²) >= 11 is 0. The van der Waals surface area contributed by atoms with Gasteiger partial charge in [-0.2, -0.15) is 0 Å². The standard InChI is InChI=1S/C21H25NO5S2/c1-21(2,3)27-20(25)22-18(19(23)24)14-29-28-13-15-9-11-17(12-10-15)26-16-7-5-4-6-8-16/h4-12,18H,13-14H2,1-3H3,(H,22,25)(H,23,24)/t18-/m1/s1. The molecule has 6 nitrogen and oxygen atoms in total. The summed E-state index contributed by atoms with van der Waals surface area (Å²) in [5.41, 5.74) is 0.417. The molecule has 0 saturated heterocycles. The Kier molecular flexibility index (Phi) is 8.72. The van der Waals surface area contributed by atoms with Gasteiger partial charge in [0.25, 0.3) is 0 Å². The molecule has 0 radical (unpaired) electrons. The molecule has 2 N–H and O–H groups in total. The number of carboxylic acids is 1. The first-order chi connectivity index (χ1) is 13.7. The number of nitrogens with one attached hydrogen (secondary N) is 1. The zero-order valence-electron chi connectivity index (χ0n) is 16.6. The molecule has 0 aromatic heterocycles. The molecule has 2 aromatic carbocycles. The molecule has 8 heteroatoms. The van der Waals surface area contributed by atoms with Crippen LogP contribution in [-0.2, 0) is 15.3 Å². The van der Waals surface area contributed by atoms with Crippen molar-refractivity contribution in [2.75, 3.05) is 5.75 Å². The van der Waals surface area contributed by atoms with E-state index in [4.69, 9.17) is 9.47 Å². The summed E-state index contributed by atoms with van der Waals surface area (Å²) in [4.78, 5) is 23.1. The molecule has 1 amide bonds. The average Bonchev–Trinajstić information content (AvgIpc) is 2.64. The number of carbonyl (C=O) groups excluding carboxylic acids is 1. The van der Waals surface area contributed by atoms with E-state index in [-0.39, 0.29) is 5.75 Å². The molecule has 0 bridgehead atoms. The van der Waals surface area contributed by atoms with Crippen LogP contribution in [0.4, 0.5) is 4.79 Å². The summed E-state index contributed by atoms with van der Waals surface area (Å²) in [6.45, 7) is 5.18. The highest BCUT2D eigenvalue weighted by molar-refractivity contribution is 8.76. The summed E-state index contributed by atoms with van der Waals surface area (Å²) in [5, 5.41) is 11.7. The van der Waals surface area contributed by atoms with Crippen molar-refractivity contribution in [2.24, 2.45) is 0 Å². The third-order valence-corrected chi connectivity index (χ3v) is 5.78. The number of rotatable bonds is 9. The van der Waals surface area contributed by atoms with E-state index in [1.165, 1.54) is 21.6 Å². The molecule has 0 aliphatic heterocycles. The summed E-state index contributed by atoms with van der Waals surface area (Å²) in [5.74, 6) is 1.38. The van der Waals surface area contributed by atoms with Gasteiger partial charge in [0.1, 0.15) is 23.1 Å². The quantitative estimate of drug-likeness (QED) is 0.406. The van der Waals surface area contributed by atoms with Crippen molar-refractivity contribution in [3.63, 3.8) is 0 Å². The summed E-state index contributed by atoms with van der Waals surface area (Å²) in [7, 11) is 2.91. The van der Waals surface area contributed by atoms with Crippen LogP contribution in [0.25, 0.3) is 0 Å². The second-order valence-corrected chi connectivity index (χ2v) is 9.65. The largest absolute Gasteiger partial charge is 0.480 e. The molecule has 0 saturated carbocycles. The van der Waals surface area contributed by atoms with Crippen molar-refractivity contribution >= 4 is 33.7 Å².